The fourth-order valence-corrected chi connectivity index (χ4v) is 8.02. The molecule has 0 amide bonds. The van der Waals surface area contributed by atoms with Gasteiger partial charge in [0.2, 0.25) is 0 Å². The van der Waals surface area contributed by atoms with E-state index >= 15 is 4.39 Å². The zero-order chi connectivity index (χ0) is 33.2. The lowest BCUT2D eigenvalue weighted by Gasteiger charge is -2.31. The molecule has 6 N–H and O–H groups in total. The Bertz CT molecular complexity index is 2130. The summed E-state index contributed by atoms with van der Waals surface area (Å²) in [5.41, 5.74) is 11.3. The maximum atomic E-state index is 16.9. The van der Waals surface area contributed by atoms with E-state index in [9.17, 15) is 19.1 Å². The first kappa shape index (κ1) is 31.0. The number of phenolic OH excluding ortho intramolecular Hbond substituents is 1. The van der Waals surface area contributed by atoms with E-state index in [-0.39, 0.29) is 73.4 Å². The van der Waals surface area contributed by atoms with Gasteiger partial charge < -0.3 is 26.6 Å². The van der Waals surface area contributed by atoms with Crippen LogP contribution in [0.3, 0.4) is 0 Å². The fraction of sp³-hybridized carbons (Fsp3) is 0.323. The monoisotopic (exact) mass is 681 g/mol. The van der Waals surface area contributed by atoms with Gasteiger partial charge in [-0.1, -0.05) is 17.7 Å². The second kappa shape index (κ2) is 11.5. The number of aromatic nitrogens is 4. The topological polar surface area (TPSA) is 172 Å². The smallest absolute Gasteiger partial charge is 0.319 e. The minimum Gasteiger partial charge on any atom is -0.506 e. The molecular weight excluding hydrogens is 655 g/mol. The van der Waals surface area contributed by atoms with E-state index in [0.29, 0.717) is 12.1 Å². The Hall–Kier alpha value is -4.65. The van der Waals surface area contributed by atoms with E-state index in [0.717, 1.165) is 36.8 Å². The summed E-state index contributed by atoms with van der Waals surface area (Å²) >= 11 is 7.52. The number of anilines is 3. The van der Waals surface area contributed by atoms with Crippen LogP contribution in [0.25, 0.3) is 32.1 Å². The van der Waals surface area contributed by atoms with Crippen molar-refractivity contribution in [2.45, 2.75) is 43.9 Å². The average Bonchev–Trinajstić information content (AvgIpc) is 3.69. The number of nitrogens with zero attached hydrogens (tertiary/aromatic N) is 6. The molecule has 3 aromatic heterocycles. The second-order valence-electron chi connectivity index (χ2n) is 11.8. The Kier molecular flexibility index (Phi) is 7.61. The van der Waals surface area contributed by atoms with Crippen molar-refractivity contribution in [2.75, 3.05) is 36.5 Å². The number of nitrogen functional groups attached to an aromatic ring is 2. The molecule has 3 atom stereocenters. The number of alkyl halides is 1. The Morgan fingerprint density at radius 2 is 2.11 bits per heavy atom. The number of nitrogens with two attached hydrogens (primary N) is 2. The molecule has 16 heteroatoms. The highest BCUT2D eigenvalue weighted by molar-refractivity contribution is 7.23. The van der Waals surface area contributed by atoms with E-state index in [1.165, 1.54) is 18.6 Å². The molecule has 0 bridgehead atoms. The van der Waals surface area contributed by atoms with Crippen molar-refractivity contribution in [3.05, 3.63) is 52.4 Å². The zero-order valence-corrected chi connectivity index (χ0v) is 26.4. The average molecular weight is 682 g/mol. The van der Waals surface area contributed by atoms with Crippen LogP contribution < -0.4 is 21.5 Å². The van der Waals surface area contributed by atoms with Gasteiger partial charge in [0.15, 0.2) is 5.82 Å². The van der Waals surface area contributed by atoms with Crippen molar-refractivity contribution >= 4 is 60.6 Å². The van der Waals surface area contributed by atoms with Crippen LogP contribution in [-0.2, 0) is 0 Å². The lowest BCUT2D eigenvalue weighted by molar-refractivity contribution is 0.107. The number of thiophene rings is 1. The third-order valence-corrected chi connectivity index (χ3v) is 10.4. The van der Waals surface area contributed by atoms with E-state index in [1.54, 1.807) is 6.92 Å². The normalized spacial score (nSPS) is 20.0. The number of halogens is 4. The Labute approximate surface area is 275 Å². The summed E-state index contributed by atoms with van der Waals surface area (Å²) < 4.78 is 52.3. The van der Waals surface area contributed by atoms with Gasteiger partial charge in [-0.2, -0.15) is 15.2 Å². The maximum absolute atomic E-state index is 16.9. The largest absolute Gasteiger partial charge is 0.506 e. The molecule has 2 saturated heterocycles. The van der Waals surface area contributed by atoms with Gasteiger partial charge in [0.1, 0.15) is 58.9 Å². The molecule has 2 fully saturated rings. The van der Waals surface area contributed by atoms with Crippen molar-refractivity contribution in [1.29, 1.82) is 5.26 Å². The lowest BCUT2D eigenvalue weighted by atomic mass is 9.95. The van der Waals surface area contributed by atoms with Gasteiger partial charge in [-0.05, 0) is 37.9 Å². The summed E-state index contributed by atoms with van der Waals surface area (Å²) in [6.45, 7) is 2.84. The van der Waals surface area contributed by atoms with Crippen LogP contribution in [0.15, 0.2) is 24.7 Å². The molecule has 2 aromatic carbocycles. The van der Waals surface area contributed by atoms with Crippen LogP contribution in [0.5, 0.6) is 11.8 Å². The highest BCUT2D eigenvalue weighted by Gasteiger charge is 2.49. The van der Waals surface area contributed by atoms with Crippen molar-refractivity contribution in [3.63, 3.8) is 0 Å². The quantitative estimate of drug-likeness (QED) is 0.156. The molecule has 47 heavy (non-hydrogen) atoms. The first-order valence-electron chi connectivity index (χ1n) is 14.7. The summed E-state index contributed by atoms with van der Waals surface area (Å²) in [5.74, 6) is -2.07. The summed E-state index contributed by atoms with van der Waals surface area (Å²) in [7, 11) is 0. The van der Waals surface area contributed by atoms with Gasteiger partial charge in [0, 0.05) is 35.7 Å². The van der Waals surface area contributed by atoms with Crippen LogP contribution in [0.2, 0.25) is 5.02 Å². The standard InChI is InChI=1S/C31H27ClF3N9O2S/c1-13(17-9-39-12-40-27(17)37)41-29-21-24(42-30(43-29)46-11-31-5-2-6-44(31)10-14(33)7-31)23(35)20(22(32)25(21)45)15-3-4-18(34)26-19(15)16(8-36)28(38)47-26/h3-4,9,12-14,45H,2,5-7,10-11,38H2,1H3,(H2,37,39,40)(H,41,42,43)/t13?,14-,31+/m1/s1. The molecular formula is C31H27ClF3N9O2S. The fourth-order valence-electron chi connectivity index (χ4n) is 6.79. The Morgan fingerprint density at radius 3 is 2.87 bits per heavy atom. The number of ether oxygens (including phenoxy) is 1. The molecule has 7 rings (SSSR count). The number of hydrogen-bond donors (Lipinski definition) is 4. The molecule has 1 unspecified atom stereocenters. The molecule has 0 aliphatic carbocycles. The Balaban J connectivity index is 1.42. The molecule has 0 saturated carbocycles. The summed E-state index contributed by atoms with van der Waals surface area (Å²) in [5, 5.41) is 24.0. The second-order valence-corrected chi connectivity index (χ2v) is 13.2. The highest BCUT2D eigenvalue weighted by atomic mass is 35.5. The van der Waals surface area contributed by atoms with Gasteiger partial charge >= 0.3 is 6.01 Å². The lowest BCUT2D eigenvalue weighted by Crippen LogP contribution is -2.43. The summed E-state index contributed by atoms with van der Waals surface area (Å²) in [6.07, 6.45) is 3.69. The SMILES string of the molecule is CC(Nc1nc(OC[C@@]23CCCN2C[C@H](F)C3)nc2c(F)c(-c3ccc(F)c4sc(N)c(C#N)c34)c(Cl)c(O)c12)c1cncnc1N. The maximum Gasteiger partial charge on any atom is 0.319 e. The summed E-state index contributed by atoms with van der Waals surface area (Å²) in [4.78, 5) is 19.0. The van der Waals surface area contributed by atoms with Crippen LogP contribution >= 0.6 is 22.9 Å². The predicted octanol–water partition coefficient (Wildman–Crippen LogP) is 6.10. The van der Waals surface area contributed by atoms with E-state index < -0.39 is 40.2 Å². The Morgan fingerprint density at radius 1 is 1.30 bits per heavy atom. The minimum absolute atomic E-state index is 0.0280. The molecule has 242 valence electrons. The number of aromatic hydroxyl groups is 1. The predicted molar refractivity (Wildman–Crippen MR) is 173 cm³/mol. The van der Waals surface area contributed by atoms with Gasteiger partial charge in [0.25, 0.3) is 0 Å². The molecule has 5 heterocycles. The van der Waals surface area contributed by atoms with Gasteiger partial charge in [-0.15, -0.1) is 11.3 Å². The summed E-state index contributed by atoms with van der Waals surface area (Å²) in [6, 6.07) is 3.49. The van der Waals surface area contributed by atoms with Gasteiger partial charge in [0.05, 0.1) is 32.3 Å². The number of nitrogens with one attached hydrogen (secondary N) is 1. The zero-order valence-electron chi connectivity index (χ0n) is 24.8. The molecule has 2 aliphatic heterocycles. The molecule has 0 radical (unpaired) electrons. The van der Waals surface area contributed by atoms with Crippen LogP contribution in [0.4, 0.5) is 29.8 Å². The third-order valence-electron chi connectivity index (χ3n) is 9.00. The van der Waals surface area contributed by atoms with Crippen molar-refractivity contribution in [3.8, 4) is 29.0 Å². The number of benzene rings is 2. The van der Waals surface area contributed by atoms with E-state index in [4.69, 9.17) is 27.8 Å². The number of rotatable bonds is 7. The minimum atomic E-state index is -0.996. The molecule has 5 aromatic rings. The first-order chi connectivity index (χ1) is 22.5. The molecule has 2 aliphatic rings. The highest BCUT2D eigenvalue weighted by Crippen LogP contribution is 2.49. The van der Waals surface area contributed by atoms with Crippen LogP contribution in [-0.4, -0.2) is 61.3 Å². The van der Waals surface area contributed by atoms with Gasteiger partial charge in [-0.25, -0.2) is 23.1 Å². The molecule has 0 spiro atoms. The van der Waals surface area contributed by atoms with Crippen molar-refractivity contribution in [1.82, 2.24) is 24.8 Å². The number of fused-ring (bicyclic) bond motifs is 3. The van der Waals surface area contributed by atoms with Crippen LogP contribution in [0.1, 0.15) is 43.4 Å². The first-order valence-corrected chi connectivity index (χ1v) is 15.9. The van der Waals surface area contributed by atoms with Crippen molar-refractivity contribution in [2.24, 2.45) is 0 Å². The van der Waals surface area contributed by atoms with E-state index in [1.807, 2.05) is 6.07 Å². The van der Waals surface area contributed by atoms with Gasteiger partial charge in [-0.3, -0.25) is 4.90 Å². The van der Waals surface area contributed by atoms with Crippen LogP contribution in [0, 0.1) is 23.0 Å². The third kappa shape index (κ3) is 4.98. The number of hydrogen-bond acceptors (Lipinski definition) is 12. The van der Waals surface area contributed by atoms with E-state index in [2.05, 4.69) is 30.2 Å². The number of nitriles is 1. The number of phenols is 1. The molecule has 11 nitrogen and oxygen atoms in total. The van der Waals surface area contributed by atoms with Crippen molar-refractivity contribution < 1.29 is 23.0 Å².